The van der Waals surface area contributed by atoms with E-state index in [9.17, 15) is 4.39 Å². The molecule has 0 heterocycles. The van der Waals surface area contributed by atoms with Gasteiger partial charge in [-0.25, -0.2) is 4.39 Å². The van der Waals surface area contributed by atoms with Crippen molar-refractivity contribution in [2.45, 2.75) is 19.2 Å². The Morgan fingerprint density at radius 1 is 1.11 bits per heavy atom. The summed E-state index contributed by atoms with van der Waals surface area (Å²) in [5.41, 5.74) is 3.71. The number of halogens is 4. The predicted molar refractivity (Wildman–Crippen MR) is 82.7 cm³/mol. The van der Waals surface area contributed by atoms with Gasteiger partial charge in [0.25, 0.3) is 0 Å². The first-order chi connectivity index (χ1) is 8.90. The van der Waals surface area contributed by atoms with Gasteiger partial charge in [0, 0.05) is 5.02 Å². The zero-order chi connectivity index (χ0) is 14.2. The van der Waals surface area contributed by atoms with Crippen molar-refractivity contribution in [1.82, 2.24) is 0 Å². The Bertz CT molecular complexity index is 626. The summed E-state index contributed by atoms with van der Waals surface area (Å²) in [5, 5.41) is 0.140. The van der Waals surface area contributed by atoms with Gasteiger partial charge in [-0.15, -0.1) is 11.6 Å². The summed E-state index contributed by atoms with van der Waals surface area (Å²) in [6.45, 7) is 3.99. The van der Waals surface area contributed by atoms with Gasteiger partial charge in [0.1, 0.15) is 5.82 Å². The van der Waals surface area contributed by atoms with E-state index < -0.39 is 5.38 Å². The lowest BCUT2D eigenvalue weighted by Gasteiger charge is -2.15. The standard InChI is InChI=1S/C15H12BrCl2F/c1-8-5-11(13(17)6-9(8)2)15(18)10-3-4-12(16)14(19)7-10/h3-7,15H,1-2H3. The molecule has 100 valence electrons. The Hall–Kier alpha value is -0.570. The molecule has 0 radical (unpaired) electrons. The van der Waals surface area contributed by atoms with E-state index in [4.69, 9.17) is 23.2 Å². The second-order valence-electron chi connectivity index (χ2n) is 4.49. The highest BCUT2D eigenvalue weighted by Crippen LogP contribution is 2.36. The number of hydrogen-bond donors (Lipinski definition) is 0. The zero-order valence-electron chi connectivity index (χ0n) is 10.5. The number of benzene rings is 2. The minimum Gasteiger partial charge on any atom is -0.206 e. The van der Waals surface area contributed by atoms with E-state index >= 15 is 0 Å². The third kappa shape index (κ3) is 3.13. The molecule has 0 aliphatic carbocycles. The molecule has 1 atom stereocenters. The number of hydrogen-bond acceptors (Lipinski definition) is 0. The topological polar surface area (TPSA) is 0 Å². The normalized spacial score (nSPS) is 12.5. The van der Waals surface area contributed by atoms with E-state index in [1.165, 1.54) is 6.07 Å². The van der Waals surface area contributed by atoms with Crippen LogP contribution in [0.1, 0.15) is 27.6 Å². The zero-order valence-corrected chi connectivity index (χ0v) is 13.6. The summed E-state index contributed by atoms with van der Waals surface area (Å²) in [4.78, 5) is 0. The molecule has 2 aromatic carbocycles. The molecule has 2 aromatic rings. The number of aryl methyl sites for hydroxylation is 2. The molecular weight excluding hydrogens is 350 g/mol. The van der Waals surface area contributed by atoms with Crippen LogP contribution in [-0.4, -0.2) is 0 Å². The van der Waals surface area contributed by atoms with Crippen molar-refractivity contribution in [3.05, 3.63) is 67.9 Å². The highest BCUT2D eigenvalue weighted by molar-refractivity contribution is 9.10. The molecule has 0 aliphatic heterocycles. The van der Waals surface area contributed by atoms with E-state index in [0.29, 0.717) is 15.1 Å². The maximum absolute atomic E-state index is 13.6. The average molecular weight is 362 g/mol. The molecule has 0 bridgehead atoms. The molecule has 2 rings (SSSR count). The minimum atomic E-state index is -0.464. The summed E-state index contributed by atoms with van der Waals surface area (Å²) in [5.74, 6) is -0.330. The maximum atomic E-state index is 13.6. The number of alkyl halides is 1. The lowest BCUT2D eigenvalue weighted by atomic mass is 10.00. The van der Waals surface area contributed by atoms with Gasteiger partial charge >= 0.3 is 0 Å². The van der Waals surface area contributed by atoms with Crippen LogP contribution in [0.5, 0.6) is 0 Å². The first kappa shape index (κ1) is 14.8. The van der Waals surface area contributed by atoms with E-state index in [-0.39, 0.29) is 5.82 Å². The van der Waals surface area contributed by atoms with Crippen molar-refractivity contribution in [3.8, 4) is 0 Å². The van der Waals surface area contributed by atoms with Crippen LogP contribution in [0.25, 0.3) is 0 Å². The molecular formula is C15H12BrCl2F. The molecule has 0 saturated heterocycles. The molecule has 0 amide bonds. The maximum Gasteiger partial charge on any atom is 0.137 e. The smallest absolute Gasteiger partial charge is 0.137 e. The lowest BCUT2D eigenvalue weighted by molar-refractivity contribution is 0.619. The van der Waals surface area contributed by atoms with Gasteiger partial charge in [-0.2, -0.15) is 0 Å². The summed E-state index contributed by atoms with van der Waals surface area (Å²) in [7, 11) is 0. The fourth-order valence-electron chi connectivity index (χ4n) is 1.85. The summed E-state index contributed by atoms with van der Waals surface area (Å²) < 4.78 is 14.0. The SMILES string of the molecule is Cc1cc(Cl)c(C(Cl)c2ccc(Br)c(F)c2)cc1C. The Morgan fingerprint density at radius 2 is 1.74 bits per heavy atom. The first-order valence-corrected chi connectivity index (χ1v) is 7.36. The van der Waals surface area contributed by atoms with Gasteiger partial charge in [-0.1, -0.05) is 23.7 Å². The lowest BCUT2D eigenvalue weighted by Crippen LogP contribution is -1.97. The molecule has 1 unspecified atom stereocenters. The van der Waals surface area contributed by atoms with Crippen LogP contribution in [0.3, 0.4) is 0 Å². The van der Waals surface area contributed by atoms with Gasteiger partial charge in [0.2, 0.25) is 0 Å². The average Bonchev–Trinajstić information content (AvgIpc) is 2.36. The Morgan fingerprint density at radius 3 is 2.37 bits per heavy atom. The third-order valence-electron chi connectivity index (χ3n) is 3.12. The Balaban J connectivity index is 2.46. The highest BCUT2D eigenvalue weighted by Gasteiger charge is 2.16. The fraction of sp³-hybridized carbons (Fsp3) is 0.200. The molecule has 0 saturated carbocycles. The van der Waals surface area contributed by atoms with Crippen molar-refractivity contribution >= 4 is 39.1 Å². The van der Waals surface area contributed by atoms with Crippen molar-refractivity contribution < 1.29 is 4.39 Å². The third-order valence-corrected chi connectivity index (χ3v) is 4.58. The molecule has 19 heavy (non-hydrogen) atoms. The molecule has 0 nitrogen and oxygen atoms in total. The van der Waals surface area contributed by atoms with E-state index in [2.05, 4.69) is 15.9 Å². The number of rotatable bonds is 2. The van der Waals surface area contributed by atoms with Crippen molar-refractivity contribution in [2.24, 2.45) is 0 Å². The summed E-state index contributed by atoms with van der Waals surface area (Å²) in [6, 6.07) is 8.70. The van der Waals surface area contributed by atoms with Crippen LogP contribution >= 0.6 is 39.1 Å². The first-order valence-electron chi connectivity index (χ1n) is 5.76. The van der Waals surface area contributed by atoms with Crippen LogP contribution in [0, 0.1) is 19.7 Å². The molecule has 4 heteroatoms. The highest BCUT2D eigenvalue weighted by atomic mass is 79.9. The minimum absolute atomic E-state index is 0.330. The van der Waals surface area contributed by atoms with Gasteiger partial charge in [0.05, 0.1) is 9.85 Å². The molecule has 0 aromatic heterocycles. The molecule has 0 fully saturated rings. The largest absolute Gasteiger partial charge is 0.206 e. The van der Waals surface area contributed by atoms with Crippen LogP contribution < -0.4 is 0 Å². The monoisotopic (exact) mass is 360 g/mol. The Labute approximate surface area is 130 Å². The van der Waals surface area contributed by atoms with E-state index in [0.717, 1.165) is 16.7 Å². The Kier molecular flexibility index (Phi) is 4.54. The second-order valence-corrected chi connectivity index (χ2v) is 6.19. The summed E-state index contributed by atoms with van der Waals surface area (Å²) >= 11 is 15.8. The van der Waals surface area contributed by atoms with Crippen LogP contribution in [0.15, 0.2) is 34.8 Å². The van der Waals surface area contributed by atoms with Gasteiger partial charge in [0.15, 0.2) is 0 Å². The van der Waals surface area contributed by atoms with E-state index in [1.54, 1.807) is 12.1 Å². The van der Waals surface area contributed by atoms with Gasteiger partial charge in [-0.05, 0) is 70.2 Å². The van der Waals surface area contributed by atoms with Crippen LogP contribution in [0.2, 0.25) is 5.02 Å². The van der Waals surface area contributed by atoms with Crippen molar-refractivity contribution in [1.29, 1.82) is 0 Å². The second kappa shape index (κ2) is 5.82. The predicted octanol–water partition coefficient (Wildman–Crippen LogP) is 6.19. The van der Waals surface area contributed by atoms with Gasteiger partial charge in [-0.3, -0.25) is 0 Å². The van der Waals surface area contributed by atoms with Crippen molar-refractivity contribution in [3.63, 3.8) is 0 Å². The van der Waals surface area contributed by atoms with Crippen LogP contribution in [-0.2, 0) is 0 Å². The van der Waals surface area contributed by atoms with Crippen LogP contribution in [0.4, 0.5) is 4.39 Å². The van der Waals surface area contributed by atoms with Crippen molar-refractivity contribution in [2.75, 3.05) is 0 Å². The quantitative estimate of drug-likeness (QED) is 0.559. The summed E-state index contributed by atoms with van der Waals surface area (Å²) in [6.07, 6.45) is 0. The molecule has 0 spiro atoms. The fourth-order valence-corrected chi connectivity index (χ4v) is 2.79. The van der Waals surface area contributed by atoms with Gasteiger partial charge < -0.3 is 0 Å². The molecule has 0 aliphatic rings. The molecule has 0 N–H and O–H groups in total. The van der Waals surface area contributed by atoms with E-state index in [1.807, 2.05) is 26.0 Å².